The highest BCUT2D eigenvalue weighted by Gasteiger charge is 2.39. The first-order chi connectivity index (χ1) is 10.5. The largest absolute Gasteiger partial charge is 0.356 e. The first-order valence-electron chi connectivity index (χ1n) is 8.70. The predicted molar refractivity (Wildman–Crippen MR) is 90.8 cm³/mol. The fourth-order valence-electron chi connectivity index (χ4n) is 3.52. The highest BCUT2D eigenvalue weighted by Crippen LogP contribution is 2.44. The van der Waals surface area contributed by atoms with Crippen LogP contribution in [0.25, 0.3) is 0 Å². The molecular formula is C17H32N4O. The van der Waals surface area contributed by atoms with Gasteiger partial charge in [-0.05, 0) is 43.4 Å². The molecule has 3 unspecified atom stereocenters. The number of nitrogens with zero attached hydrogens (tertiary/aromatic N) is 2. The third-order valence-corrected chi connectivity index (χ3v) is 4.95. The van der Waals surface area contributed by atoms with Crippen molar-refractivity contribution in [1.82, 2.24) is 15.5 Å². The molecule has 126 valence electrons. The van der Waals surface area contributed by atoms with Crippen LogP contribution in [0.4, 0.5) is 0 Å². The third kappa shape index (κ3) is 4.89. The molecule has 0 spiro atoms. The summed E-state index contributed by atoms with van der Waals surface area (Å²) in [6, 6.07) is 0.540. The van der Waals surface area contributed by atoms with Crippen molar-refractivity contribution in [3.8, 4) is 0 Å². The lowest BCUT2D eigenvalue weighted by Gasteiger charge is -2.25. The fourth-order valence-corrected chi connectivity index (χ4v) is 3.52. The summed E-state index contributed by atoms with van der Waals surface area (Å²) in [5, 5.41) is 6.98. The Balaban J connectivity index is 1.88. The van der Waals surface area contributed by atoms with Crippen LogP contribution in [0.1, 0.15) is 46.0 Å². The Labute approximate surface area is 134 Å². The second kappa shape index (κ2) is 7.84. The number of fused-ring (bicyclic) bond motifs is 2. The van der Waals surface area contributed by atoms with E-state index in [1.165, 1.54) is 25.7 Å². The summed E-state index contributed by atoms with van der Waals surface area (Å²) in [5.74, 6) is 3.22. The van der Waals surface area contributed by atoms with Gasteiger partial charge in [0.1, 0.15) is 6.54 Å². The molecule has 22 heavy (non-hydrogen) atoms. The number of amides is 1. The van der Waals surface area contributed by atoms with E-state index in [9.17, 15) is 4.79 Å². The van der Waals surface area contributed by atoms with Crippen molar-refractivity contribution in [3.63, 3.8) is 0 Å². The highest BCUT2D eigenvalue weighted by molar-refractivity contribution is 5.85. The number of hydrogen-bond acceptors (Lipinski definition) is 2. The summed E-state index contributed by atoms with van der Waals surface area (Å²) in [7, 11) is 3.54. The average Bonchev–Trinajstić information content (AvgIpc) is 3.06. The van der Waals surface area contributed by atoms with E-state index in [4.69, 9.17) is 0 Å². The summed E-state index contributed by atoms with van der Waals surface area (Å²) >= 11 is 0. The number of likely N-dealkylation sites (N-methyl/N-ethyl adjacent to an activating group) is 1. The van der Waals surface area contributed by atoms with Gasteiger partial charge in [-0.15, -0.1) is 0 Å². The maximum absolute atomic E-state index is 11.8. The standard InChI is InChI=1S/C17H32N4O/c1-12(2)7-8-18-17(19-11-16(22)21(3)4)20-15-10-13-5-6-14(15)9-13/h12-15H,5-11H2,1-4H3,(H2,18,19,20). The summed E-state index contributed by atoms with van der Waals surface area (Å²) in [6.07, 6.45) is 6.48. The van der Waals surface area contributed by atoms with E-state index < -0.39 is 0 Å². The number of carbonyl (C=O) groups excluding carboxylic acids is 1. The number of carbonyl (C=O) groups is 1. The van der Waals surface area contributed by atoms with Gasteiger partial charge in [0.15, 0.2) is 5.96 Å². The Morgan fingerprint density at radius 2 is 2.05 bits per heavy atom. The van der Waals surface area contributed by atoms with Crippen LogP contribution in [-0.2, 0) is 4.79 Å². The number of hydrogen-bond donors (Lipinski definition) is 2. The zero-order valence-electron chi connectivity index (χ0n) is 14.6. The maximum Gasteiger partial charge on any atom is 0.243 e. The van der Waals surface area contributed by atoms with Crippen LogP contribution < -0.4 is 10.6 Å². The number of guanidine groups is 1. The molecule has 0 radical (unpaired) electrons. The molecule has 0 aromatic heterocycles. The molecule has 2 rings (SSSR count). The van der Waals surface area contributed by atoms with Crippen LogP contribution in [0, 0.1) is 17.8 Å². The molecule has 5 heteroatoms. The highest BCUT2D eigenvalue weighted by atomic mass is 16.2. The summed E-state index contributed by atoms with van der Waals surface area (Å²) in [4.78, 5) is 17.8. The van der Waals surface area contributed by atoms with Crippen molar-refractivity contribution < 1.29 is 4.79 Å². The van der Waals surface area contributed by atoms with Crippen LogP contribution >= 0.6 is 0 Å². The van der Waals surface area contributed by atoms with E-state index in [1.807, 2.05) is 0 Å². The summed E-state index contributed by atoms with van der Waals surface area (Å²) in [5.41, 5.74) is 0. The Bertz CT molecular complexity index is 405. The number of nitrogens with one attached hydrogen (secondary N) is 2. The Morgan fingerprint density at radius 1 is 1.27 bits per heavy atom. The van der Waals surface area contributed by atoms with Crippen LogP contribution in [0.5, 0.6) is 0 Å². The average molecular weight is 308 g/mol. The second-order valence-corrected chi connectivity index (χ2v) is 7.49. The molecular weight excluding hydrogens is 276 g/mol. The zero-order valence-corrected chi connectivity index (χ0v) is 14.6. The quantitative estimate of drug-likeness (QED) is 0.581. The fraction of sp³-hybridized carbons (Fsp3) is 0.882. The Kier molecular flexibility index (Phi) is 6.09. The van der Waals surface area contributed by atoms with Gasteiger partial charge in [-0.1, -0.05) is 20.3 Å². The van der Waals surface area contributed by atoms with Crippen LogP contribution in [0.2, 0.25) is 0 Å². The van der Waals surface area contributed by atoms with Gasteiger partial charge in [0.25, 0.3) is 0 Å². The van der Waals surface area contributed by atoms with Crippen molar-refractivity contribution in [2.75, 3.05) is 27.2 Å². The smallest absolute Gasteiger partial charge is 0.243 e. The predicted octanol–water partition coefficient (Wildman–Crippen LogP) is 1.84. The maximum atomic E-state index is 11.8. The summed E-state index contributed by atoms with van der Waals surface area (Å²) < 4.78 is 0. The van der Waals surface area contributed by atoms with Crippen molar-refractivity contribution >= 4 is 11.9 Å². The number of aliphatic imine (C=N–C) groups is 1. The minimum Gasteiger partial charge on any atom is -0.356 e. The SMILES string of the molecule is CC(C)CCNC(=NCC(=O)N(C)C)NC1CC2CCC1C2. The zero-order chi connectivity index (χ0) is 16.1. The molecule has 5 nitrogen and oxygen atoms in total. The van der Waals surface area contributed by atoms with Gasteiger partial charge < -0.3 is 15.5 Å². The normalized spacial score (nSPS) is 27.3. The van der Waals surface area contributed by atoms with Crippen molar-refractivity contribution in [3.05, 3.63) is 0 Å². The van der Waals surface area contributed by atoms with Gasteiger partial charge in [-0.3, -0.25) is 4.79 Å². The monoisotopic (exact) mass is 308 g/mol. The van der Waals surface area contributed by atoms with Crippen molar-refractivity contribution in [2.24, 2.45) is 22.7 Å². The van der Waals surface area contributed by atoms with Gasteiger partial charge in [-0.25, -0.2) is 4.99 Å². The van der Waals surface area contributed by atoms with Crippen molar-refractivity contribution in [2.45, 2.75) is 52.0 Å². The molecule has 0 heterocycles. The van der Waals surface area contributed by atoms with Gasteiger partial charge in [0.05, 0.1) is 0 Å². The van der Waals surface area contributed by atoms with Gasteiger partial charge in [0, 0.05) is 26.7 Å². The molecule has 0 saturated heterocycles. The first kappa shape index (κ1) is 17.1. The first-order valence-corrected chi connectivity index (χ1v) is 8.70. The minimum atomic E-state index is 0.0397. The lowest BCUT2D eigenvalue weighted by molar-refractivity contribution is -0.127. The molecule has 0 aromatic carbocycles. The van der Waals surface area contributed by atoms with E-state index in [0.29, 0.717) is 12.0 Å². The molecule has 2 fully saturated rings. The van der Waals surface area contributed by atoms with E-state index in [1.54, 1.807) is 19.0 Å². The minimum absolute atomic E-state index is 0.0397. The van der Waals surface area contributed by atoms with Gasteiger partial charge in [-0.2, -0.15) is 0 Å². The molecule has 2 N–H and O–H groups in total. The molecule has 0 aromatic rings. The van der Waals surface area contributed by atoms with Crippen LogP contribution in [0.3, 0.4) is 0 Å². The van der Waals surface area contributed by atoms with Gasteiger partial charge in [0.2, 0.25) is 5.91 Å². The molecule has 1 amide bonds. The van der Waals surface area contributed by atoms with Gasteiger partial charge >= 0.3 is 0 Å². The second-order valence-electron chi connectivity index (χ2n) is 7.49. The van der Waals surface area contributed by atoms with Crippen LogP contribution in [-0.4, -0.2) is 50.0 Å². The van der Waals surface area contributed by atoms with Crippen molar-refractivity contribution in [1.29, 1.82) is 0 Å². The molecule has 2 bridgehead atoms. The molecule has 2 saturated carbocycles. The third-order valence-electron chi connectivity index (χ3n) is 4.95. The number of rotatable bonds is 6. The van der Waals surface area contributed by atoms with Crippen LogP contribution in [0.15, 0.2) is 4.99 Å². The molecule has 2 aliphatic rings. The Morgan fingerprint density at radius 3 is 2.59 bits per heavy atom. The molecule has 2 aliphatic carbocycles. The van der Waals surface area contributed by atoms with E-state index in [-0.39, 0.29) is 12.5 Å². The van der Waals surface area contributed by atoms with E-state index in [0.717, 1.165) is 30.8 Å². The van der Waals surface area contributed by atoms with E-state index >= 15 is 0 Å². The summed E-state index contributed by atoms with van der Waals surface area (Å²) in [6.45, 7) is 5.56. The van der Waals surface area contributed by atoms with E-state index in [2.05, 4.69) is 29.5 Å². The topological polar surface area (TPSA) is 56.7 Å². The Hall–Kier alpha value is -1.26. The lowest BCUT2D eigenvalue weighted by Crippen LogP contribution is -2.46. The lowest BCUT2D eigenvalue weighted by atomic mass is 9.95. The molecule has 0 aliphatic heterocycles. The molecule has 3 atom stereocenters.